The van der Waals surface area contributed by atoms with Crippen LogP contribution in [0.25, 0.3) is 0 Å². The Morgan fingerprint density at radius 1 is 1.73 bits per heavy atom. The molecule has 11 heavy (non-hydrogen) atoms. The molecule has 1 saturated heterocycles. The highest BCUT2D eigenvalue weighted by Gasteiger charge is 2.37. The normalized spacial score (nSPS) is 29.8. The van der Waals surface area contributed by atoms with Gasteiger partial charge in [-0.2, -0.15) is 0 Å². The number of cyclic esters (lactones) is 1. The van der Waals surface area contributed by atoms with Crippen LogP contribution in [0.1, 0.15) is 13.3 Å². The van der Waals surface area contributed by atoms with Crippen LogP contribution >= 0.6 is 0 Å². The Hall–Kier alpha value is -1.06. The second kappa shape index (κ2) is 2.90. The third kappa shape index (κ3) is 1.50. The number of carbonyl (C=O) groups excluding carboxylic acids is 2. The van der Waals surface area contributed by atoms with E-state index in [1.54, 1.807) is 6.92 Å². The van der Waals surface area contributed by atoms with Crippen LogP contribution in [0, 0.1) is 5.92 Å². The van der Waals surface area contributed by atoms with Gasteiger partial charge in [-0.25, -0.2) is 0 Å². The summed E-state index contributed by atoms with van der Waals surface area (Å²) in [6.07, 6.45) is -0.191. The first kappa shape index (κ1) is 8.04. The van der Waals surface area contributed by atoms with E-state index in [-0.39, 0.29) is 24.5 Å². The molecule has 0 spiro atoms. The smallest absolute Gasteiger partial charge is 0.313 e. The fourth-order valence-electron chi connectivity index (χ4n) is 1.11. The van der Waals surface area contributed by atoms with Gasteiger partial charge in [-0.3, -0.25) is 9.59 Å². The monoisotopic (exact) mass is 158 g/mol. The predicted octanol–water partition coefficient (Wildman–Crippen LogP) is 0.111. The van der Waals surface area contributed by atoms with Crippen LogP contribution in [-0.2, 0) is 19.1 Å². The molecule has 4 nitrogen and oxygen atoms in total. The number of hydrogen-bond donors (Lipinski definition) is 0. The van der Waals surface area contributed by atoms with Crippen LogP contribution in [0.5, 0.6) is 0 Å². The SMILES string of the molecule is COC(=O)[C@@H]1CC(=O)O[C@@H]1C. The summed E-state index contributed by atoms with van der Waals surface area (Å²) in [4.78, 5) is 21.6. The first-order valence-corrected chi connectivity index (χ1v) is 3.42. The second-order valence-electron chi connectivity index (χ2n) is 2.53. The number of esters is 2. The molecule has 0 amide bonds. The molecule has 0 unspecified atom stereocenters. The van der Waals surface area contributed by atoms with E-state index < -0.39 is 5.92 Å². The van der Waals surface area contributed by atoms with Crippen molar-refractivity contribution in [3.8, 4) is 0 Å². The van der Waals surface area contributed by atoms with E-state index in [4.69, 9.17) is 4.74 Å². The third-order valence-electron chi connectivity index (χ3n) is 1.77. The van der Waals surface area contributed by atoms with Gasteiger partial charge in [-0.05, 0) is 6.92 Å². The Labute approximate surface area is 64.5 Å². The van der Waals surface area contributed by atoms with Gasteiger partial charge in [0.1, 0.15) is 12.0 Å². The molecule has 1 fully saturated rings. The van der Waals surface area contributed by atoms with Crippen molar-refractivity contribution >= 4 is 11.9 Å². The number of ether oxygens (including phenoxy) is 2. The maximum atomic E-state index is 10.9. The van der Waals surface area contributed by atoms with Gasteiger partial charge < -0.3 is 9.47 Å². The molecule has 2 atom stereocenters. The van der Waals surface area contributed by atoms with E-state index in [0.717, 1.165) is 0 Å². The molecular formula is C7H10O4. The summed E-state index contributed by atoms with van der Waals surface area (Å²) >= 11 is 0. The lowest BCUT2D eigenvalue weighted by Crippen LogP contribution is -2.22. The first-order chi connectivity index (χ1) is 5.15. The molecule has 0 saturated carbocycles. The van der Waals surface area contributed by atoms with Gasteiger partial charge in [0.15, 0.2) is 0 Å². The third-order valence-corrected chi connectivity index (χ3v) is 1.77. The Morgan fingerprint density at radius 2 is 2.36 bits per heavy atom. The van der Waals surface area contributed by atoms with Crippen LogP contribution in [-0.4, -0.2) is 25.2 Å². The summed E-state index contributed by atoms with van der Waals surface area (Å²) in [5, 5.41) is 0. The standard InChI is InChI=1S/C7H10O4/c1-4-5(7(9)10-2)3-6(8)11-4/h4-5H,3H2,1-2H3/t4-,5-/m1/s1. The Kier molecular flexibility index (Phi) is 2.12. The van der Waals surface area contributed by atoms with E-state index in [1.807, 2.05) is 0 Å². The fourth-order valence-corrected chi connectivity index (χ4v) is 1.11. The minimum Gasteiger partial charge on any atom is -0.469 e. The zero-order valence-electron chi connectivity index (χ0n) is 6.49. The average Bonchev–Trinajstić information content (AvgIpc) is 2.28. The molecular weight excluding hydrogens is 148 g/mol. The van der Waals surface area contributed by atoms with Crippen LogP contribution in [0.2, 0.25) is 0 Å². The molecule has 0 aromatic carbocycles. The van der Waals surface area contributed by atoms with Crippen molar-refractivity contribution in [2.24, 2.45) is 5.92 Å². The second-order valence-corrected chi connectivity index (χ2v) is 2.53. The minimum atomic E-state index is -0.410. The van der Waals surface area contributed by atoms with Gasteiger partial charge in [-0.15, -0.1) is 0 Å². The largest absolute Gasteiger partial charge is 0.469 e. The lowest BCUT2D eigenvalue weighted by Gasteiger charge is -2.08. The van der Waals surface area contributed by atoms with Crippen molar-refractivity contribution in [3.63, 3.8) is 0 Å². The molecule has 0 aromatic rings. The quantitative estimate of drug-likeness (QED) is 0.508. The van der Waals surface area contributed by atoms with Crippen molar-refractivity contribution < 1.29 is 19.1 Å². The van der Waals surface area contributed by atoms with E-state index in [0.29, 0.717) is 0 Å². The molecule has 1 aliphatic heterocycles. The van der Waals surface area contributed by atoms with Crippen molar-refractivity contribution in [3.05, 3.63) is 0 Å². The zero-order chi connectivity index (χ0) is 8.43. The average molecular weight is 158 g/mol. The summed E-state index contributed by atoms with van der Waals surface area (Å²) < 4.78 is 9.24. The molecule has 1 rings (SSSR count). The number of rotatable bonds is 1. The Balaban J connectivity index is 2.59. The van der Waals surface area contributed by atoms with E-state index >= 15 is 0 Å². The maximum absolute atomic E-state index is 10.9. The minimum absolute atomic E-state index is 0.147. The Bertz CT molecular complexity index is 187. The predicted molar refractivity (Wildman–Crippen MR) is 35.7 cm³/mol. The highest BCUT2D eigenvalue weighted by atomic mass is 16.6. The fraction of sp³-hybridized carbons (Fsp3) is 0.714. The van der Waals surface area contributed by atoms with Gasteiger partial charge in [0.2, 0.25) is 0 Å². The molecule has 0 bridgehead atoms. The van der Waals surface area contributed by atoms with Crippen molar-refractivity contribution in [2.75, 3.05) is 7.11 Å². The van der Waals surface area contributed by atoms with Crippen LogP contribution in [0.4, 0.5) is 0 Å². The first-order valence-electron chi connectivity index (χ1n) is 3.42. The number of hydrogen-bond acceptors (Lipinski definition) is 4. The van der Waals surface area contributed by atoms with Gasteiger partial charge in [0.25, 0.3) is 0 Å². The lowest BCUT2D eigenvalue weighted by molar-refractivity contribution is -0.147. The molecule has 0 aromatic heterocycles. The van der Waals surface area contributed by atoms with Crippen molar-refractivity contribution in [1.29, 1.82) is 0 Å². The lowest BCUT2D eigenvalue weighted by atomic mass is 10.0. The van der Waals surface area contributed by atoms with Crippen molar-refractivity contribution in [1.82, 2.24) is 0 Å². The van der Waals surface area contributed by atoms with Crippen molar-refractivity contribution in [2.45, 2.75) is 19.4 Å². The van der Waals surface area contributed by atoms with Crippen LogP contribution < -0.4 is 0 Å². The molecule has 0 N–H and O–H groups in total. The highest BCUT2D eigenvalue weighted by molar-refractivity contribution is 5.83. The number of methoxy groups -OCH3 is 1. The summed E-state index contributed by atoms with van der Waals surface area (Å²) in [6.45, 7) is 1.69. The summed E-state index contributed by atoms with van der Waals surface area (Å²) in [5.41, 5.74) is 0. The number of carbonyl (C=O) groups is 2. The molecule has 4 heteroatoms. The maximum Gasteiger partial charge on any atom is 0.313 e. The van der Waals surface area contributed by atoms with Gasteiger partial charge in [0.05, 0.1) is 13.5 Å². The topological polar surface area (TPSA) is 52.6 Å². The van der Waals surface area contributed by atoms with Crippen LogP contribution in [0.15, 0.2) is 0 Å². The van der Waals surface area contributed by atoms with Crippen LogP contribution in [0.3, 0.4) is 0 Å². The summed E-state index contributed by atoms with van der Waals surface area (Å²) in [7, 11) is 1.30. The summed E-state index contributed by atoms with van der Waals surface area (Å²) in [5.74, 6) is -1.11. The van der Waals surface area contributed by atoms with E-state index in [1.165, 1.54) is 7.11 Å². The molecule has 1 heterocycles. The summed E-state index contributed by atoms with van der Waals surface area (Å²) in [6, 6.07) is 0. The van der Waals surface area contributed by atoms with Gasteiger partial charge in [-0.1, -0.05) is 0 Å². The van der Waals surface area contributed by atoms with E-state index in [9.17, 15) is 9.59 Å². The Morgan fingerprint density at radius 3 is 2.73 bits per heavy atom. The zero-order valence-corrected chi connectivity index (χ0v) is 6.49. The van der Waals surface area contributed by atoms with Gasteiger partial charge >= 0.3 is 11.9 Å². The molecule has 0 radical (unpaired) electrons. The molecule has 1 aliphatic rings. The van der Waals surface area contributed by atoms with Gasteiger partial charge in [0, 0.05) is 0 Å². The molecule has 62 valence electrons. The highest BCUT2D eigenvalue weighted by Crippen LogP contribution is 2.22. The van der Waals surface area contributed by atoms with E-state index in [2.05, 4.69) is 4.74 Å². The molecule has 0 aliphatic carbocycles.